The lowest BCUT2D eigenvalue weighted by molar-refractivity contribution is 0.0606. The Morgan fingerprint density at radius 1 is 1.09 bits per heavy atom. The highest BCUT2D eigenvalue weighted by molar-refractivity contribution is 6.04. The number of benzene rings is 2. The maximum Gasteiger partial charge on any atom is 0.341 e. The van der Waals surface area contributed by atoms with Gasteiger partial charge in [-0.05, 0) is 34.7 Å². The minimum atomic E-state index is -1.17. The maximum atomic E-state index is 12.8. The highest BCUT2D eigenvalue weighted by atomic mass is 16.6. The Balaban J connectivity index is 1.29. The zero-order valence-corrected chi connectivity index (χ0v) is 19.1. The first kappa shape index (κ1) is 22.7. The molecule has 2 saturated heterocycles. The average molecular weight is 480 g/mol. The van der Waals surface area contributed by atoms with Crippen LogP contribution in [0.3, 0.4) is 0 Å². The molecule has 0 aliphatic carbocycles. The zero-order valence-electron chi connectivity index (χ0n) is 19.1. The number of carboxylic acids is 1. The number of nitrogens with zero attached hydrogens (tertiary/aromatic N) is 5. The Bertz CT molecular complexity index is 1250. The van der Waals surface area contributed by atoms with Crippen molar-refractivity contribution in [1.82, 2.24) is 25.5 Å². The summed E-state index contributed by atoms with van der Waals surface area (Å²) in [4.78, 5) is 26.2. The molecule has 2 N–H and O–H groups in total. The van der Waals surface area contributed by atoms with Gasteiger partial charge < -0.3 is 29.5 Å². The van der Waals surface area contributed by atoms with Gasteiger partial charge in [0.05, 0.1) is 30.4 Å². The molecule has 3 heterocycles. The van der Waals surface area contributed by atoms with Crippen molar-refractivity contribution in [3.63, 3.8) is 0 Å². The van der Waals surface area contributed by atoms with Crippen molar-refractivity contribution >= 4 is 17.6 Å². The Morgan fingerprint density at radius 3 is 2.63 bits per heavy atom. The molecule has 5 rings (SSSR count). The summed E-state index contributed by atoms with van der Waals surface area (Å²) in [5, 5.41) is 24.1. The summed E-state index contributed by atoms with van der Waals surface area (Å²) in [7, 11) is 3.87. The number of carbonyl (C=O) groups is 2. The van der Waals surface area contributed by atoms with Gasteiger partial charge in [0.2, 0.25) is 0 Å². The van der Waals surface area contributed by atoms with Crippen molar-refractivity contribution in [2.75, 3.05) is 32.2 Å². The van der Waals surface area contributed by atoms with E-state index in [-0.39, 0.29) is 36.4 Å². The topological polar surface area (TPSA) is 141 Å². The van der Waals surface area contributed by atoms with Gasteiger partial charge in [0.25, 0.3) is 5.91 Å². The van der Waals surface area contributed by atoms with Crippen molar-refractivity contribution in [1.29, 1.82) is 0 Å². The molecule has 0 radical (unpaired) electrons. The first-order chi connectivity index (χ1) is 16.9. The number of anilines is 1. The van der Waals surface area contributed by atoms with E-state index in [1.807, 2.05) is 43.3 Å². The quantitative estimate of drug-likeness (QED) is 0.509. The molecule has 2 fully saturated rings. The number of aromatic nitrogens is 4. The first-order valence-corrected chi connectivity index (χ1v) is 11.0. The van der Waals surface area contributed by atoms with Gasteiger partial charge in [-0.25, -0.2) is 4.79 Å². The second-order valence-electron chi connectivity index (χ2n) is 8.49. The van der Waals surface area contributed by atoms with Gasteiger partial charge in [-0.15, -0.1) is 0 Å². The number of carboxylic acid groups (broad SMARTS) is 1. The highest BCUT2D eigenvalue weighted by Gasteiger charge is 2.50. The first-order valence-electron chi connectivity index (χ1n) is 11.0. The van der Waals surface area contributed by atoms with Gasteiger partial charge in [0.15, 0.2) is 0 Å². The molecule has 1 amide bonds. The van der Waals surface area contributed by atoms with E-state index in [2.05, 4.69) is 20.8 Å². The third-order valence-electron chi connectivity index (χ3n) is 6.07. The van der Waals surface area contributed by atoms with E-state index in [0.717, 1.165) is 5.69 Å². The van der Waals surface area contributed by atoms with Crippen LogP contribution in [0.4, 0.5) is 5.69 Å². The molecule has 0 unspecified atom stereocenters. The van der Waals surface area contributed by atoms with Crippen LogP contribution in [0.15, 0.2) is 48.5 Å². The number of ether oxygens (including phenoxy) is 3. The molecule has 4 atom stereocenters. The molecular formula is C23H24N6O6. The summed E-state index contributed by atoms with van der Waals surface area (Å²) in [5.41, 5.74) is 0.974. The fraction of sp³-hybridized carbons (Fsp3) is 0.348. The van der Waals surface area contributed by atoms with E-state index >= 15 is 0 Å². The molecule has 2 aliphatic rings. The monoisotopic (exact) mass is 480 g/mol. The number of carbonyl (C=O) groups excluding carboxylic acids is 1. The minimum absolute atomic E-state index is 0.0699. The summed E-state index contributed by atoms with van der Waals surface area (Å²) in [5.74, 6) is -1.09. The molecule has 2 aliphatic heterocycles. The minimum Gasteiger partial charge on any atom is -0.478 e. The van der Waals surface area contributed by atoms with Gasteiger partial charge in [-0.1, -0.05) is 23.3 Å². The van der Waals surface area contributed by atoms with Crippen LogP contribution < -0.4 is 15.0 Å². The van der Waals surface area contributed by atoms with Crippen LogP contribution in [0.1, 0.15) is 26.8 Å². The SMILES string of the molecule is CN(C)c1cccc(Oc2nnnn2[C@@H]2CO[C@@H]3[C@@H]2OC[C@@H]3NC(=O)c2ccccc2C(=O)O)c1. The van der Waals surface area contributed by atoms with Gasteiger partial charge >= 0.3 is 12.0 Å². The molecule has 12 nitrogen and oxygen atoms in total. The fourth-order valence-corrected chi connectivity index (χ4v) is 4.32. The Morgan fingerprint density at radius 2 is 1.86 bits per heavy atom. The van der Waals surface area contributed by atoms with Crippen molar-refractivity contribution in [2.45, 2.75) is 24.3 Å². The molecule has 0 saturated carbocycles. The maximum absolute atomic E-state index is 12.8. The van der Waals surface area contributed by atoms with E-state index < -0.39 is 30.1 Å². The van der Waals surface area contributed by atoms with Crippen LogP contribution >= 0.6 is 0 Å². The van der Waals surface area contributed by atoms with Crippen LogP contribution in [0, 0.1) is 0 Å². The third-order valence-corrected chi connectivity index (χ3v) is 6.07. The van der Waals surface area contributed by atoms with Crippen LogP contribution in [0.5, 0.6) is 11.8 Å². The van der Waals surface area contributed by atoms with Crippen molar-refractivity contribution in [3.8, 4) is 11.8 Å². The van der Waals surface area contributed by atoms with Gasteiger partial charge in [-0.3, -0.25) is 4.79 Å². The average Bonchev–Trinajstić information content (AvgIpc) is 3.57. The summed E-state index contributed by atoms with van der Waals surface area (Å²) in [6.45, 7) is 0.461. The second kappa shape index (κ2) is 9.31. The number of hydrogen-bond acceptors (Lipinski definition) is 9. The Labute approximate surface area is 200 Å². The lowest BCUT2D eigenvalue weighted by Gasteiger charge is -2.18. The lowest BCUT2D eigenvalue weighted by atomic mass is 10.0. The van der Waals surface area contributed by atoms with Gasteiger partial charge in [0.1, 0.15) is 24.0 Å². The van der Waals surface area contributed by atoms with Crippen molar-refractivity contribution in [2.24, 2.45) is 0 Å². The van der Waals surface area contributed by atoms with Gasteiger partial charge in [-0.2, -0.15) is 4.68 Å². The van der Waals surface area contributed by atoms with Gasteiger partial charge in [0, 0.05) is 25.8 Å². The molecule has 3 aromatic rings. The number of hydrogen-bond donors (Lipinski definition) is 2. The highest BCUT2D eigenvalue weighted by Crippen LogP contribution is 2.36. The Hall–Kier alpha value is -4.03. The van der Waals surface area contributed by atoms with E-state index in [0.29, 0.717) is 5.75 Å². The molecule has 0 bridgehead atoms. The van der Waals surface area contributed by atoms with Crippen molar-refractivity contribution < 1.29 is 28.9 Å². The number of amides is 1. The van der Waals surface area contributed by atoms with Crippen molar-refractivity contribution in [3.05, 3.63) is 59.7 Å². The number of rotatable bonds is 7. The molecule has 2 aromatic carbocycles. The molecule has 0 spiro atoms. The third kappa shape index (κ3) is 4.40. The number of tetrazole rings is 1. The standard InChI is InChI=1S/C23H24N6O6/c1-28(2)13-6-5-7-14(10-13)35-23-25-26-27-29(23)18-12-34-19-17(11-33-20(18)19)24-21(30)15-8-3-4-9-16(15)22(31)32/h3-10,17-20H,11-12H2,1-2H3,(H,24,30)(H,31,32)/t17-,18+,19-,20+/m0/s1. The predicted molar refractivity (Wildman–Crippen MR) is 122 cm³/mol. The largest absolute Gasteiger partial charge is 0.478 e. The van der Waals surface area contributed by atoms with E-state index in [1.54, 1.807) is 12.1 Å². The summed E-state index contributed by atoms with van der Waals surface area (Å²) in [6, 6.07) is 12.9. The lowest BCUT2D eigenvalue weighted by Crippen LogP contribution is -2.44. The normalized spacial score (nSPS) is 23.0. The van der Waals surface area contributed by atoms with Crippen LogP contribution in [-0.4, -0.2) is 82.7 Å². The smallest absolute Gasteiger partial charge is 0.341 e. The van der Waals surface area contributed by atoms with Crippen LogP contribution in [0.2, 0.25) is 0 Å². The molecule has 12 heteroatoms. The number of aromatic carboxylic acids is 1. The molecular weight excluding hydrogens is 456 g/mol. The van der Waals surface area contributed by atoms with E-state index in [4.69, 9.17) is 14.2 Å². The van der Waals surface area contributed by atoms with E-state index in [9.17, 15) is 14.7 Å². The molecule has 35 heavy (non-hydrogen) atoms. The number of nitrogens with one attached hydrogen (secondary N) is 1. The van der Waals surface area contributed by atoms with E-state index in [1.165, 1.54) is 16.8 Å². The predicted octanol–water partition coefficient (Wildman–Crippen LogP) is 1.37. The van der Waals surface area contributed by atoms with Crippen LogP contribution in [0.25, 0.3) is 0 Å². The Kier molecular flexibility index (Phi) is 6.05. The molecule has 182 valence electrons. The fourth-order valence-electron chi connectivity index (χ4n) is 4.32. The zero-order chi connectivity index (χ0) is 24.5. The summed E-state index contributed by atoms with van der Waals surface area (Å²) >= 11 is 0. The molecule has 1 aromatic heterocycles. The number of fused-ring (bicyclic) bond motifs is 1. The summed E-state index contributed by atoms with van der Waals surface area (Å²) < 4.78 is 19.4. The second-order valence-corrected chi connectivity index (χ2v) is 8.49. The van der Waals surface area contributed by atoms with Crippen LogP contribution in [-0.2, 0) is 9.47 Å². The summed E-state index contributed by atoms with van der Waals surface area (Å²) in [6.07, 6.45) is -0.871.